The van der Waals surface area contributed by atoms with E-state index in [1.54, 1.807) is 0 Å². The summed E-state index contributed by atoms with van der Waals surface area (Å²) in [7, 11) is 0. The predicted molar refractivity (Wildman–Crippen MR) is 62.5 cm³/mol. The first kappa shape index (κ1) is 12.1. The molecule has 2 rings (SSSR count). The minimum absolute atomic E-state index is 0.0499. The predicted octanol–water partition coefficient (Wildman–Crippen LogP) is 1.53. The Morgan fingerprint density at radius 3 is 2.71 bits per heavy atom. The van der Waals surface area contributed by atoms with E-state index in [0.717, 1.165) is 6.07 Å². The van der Waals surface area contributed by atoms with Crippen molar-refractivity contribution in [2.75, 3.05) is 32.0 Å². The topological polar surface area (TPSA) is 55.6 Å². The van der Waals surface area contributed by atoms with Gasteiger partial charge in [0.25, 0.3) is 5.91 Å². The molecule has 1 saturated heterocycles. The lowest BCUT2D eigenvalue weighted by Gasteiger charge is -2.27. The van der Waals surface area contributed by atoms with Crippen molar-refractivity contribution >= 4 is 23.2 Å². The van der Waals surface area contributed by atoms with Crippen molar-refractivity contribution in [1.82, 2.24) is 4.90 Å². The van der Waals surface area contributed by atoms with Crippen molar-refractivity contribution in [1.29, 1.82) is 0 Å². The van der Waals surface area contributed by atoms with Crippen LogP contribution >= 0.6 is 11.6 Å². The standard InChI is InChI=1S/C11H12ClFN2O2/c12-8-5-7(9(13)6-10(8)14)11(16)15-1-3-17-4-2-15/h5-6H,1-4,14H2. The van der Waals surface area contributed by atoms with Crippen molar-refractivity contribution in [2.45, 2.75) is 0 Å². The minimum Gasteiger partial charge on any atom is -0.397 e. The molecule has 0 bridgehead atoms. The number of amides is 1. The molecule has 1 amide bonds. The first-order chi connectivity index (χ1) is 8.09. The van der Waals surface area contributed by atoms with E-state index in [-0.39, 0.29) is 22.2 Å². The summed E-state index contributed by atoms with van der Waals surface area (Å²) in [5.74, 6) is -1.03. The van der Waals surface area contributed by atoms with Gasteiger partial charge < -0.3 is 15.4 Å². The Labute approximate surface area is 103 Å². The molecule has 1 aromatic carbocycles. The van der Waals surface area contributed by atoms with Gasteiger partial charge in [-0.1, -0.05) is 11.6 Å². The molecule has 2 N–H and O–H groups in total. The molecule has 92 valence electrons. The summed E-state index contributed by atoms with van der Waals surface area (Å²) >= 11 is 5.78. The highest BCUT2D eigenvalue weighted by molar-refractivity contribution is 6.33. The lowest BCUT2D eigenvalue weighted by Crippen LogP contribution is -2.41. The number of ether oxygens (including phenoxy) is 1. The van der Waals surface area contributed by atoms with E-state index in [2.05, 4.69) is 0 Å². The first-order valence-corrected chi connectivity index (χ1v) is 5.59. The number of morpholine rings is 1. The van der Waals surface area contributed by atoms with E-state index in [9.17, 15) is 9.18 Å². The first-order valence-electron chi connectivity index (χ1n) is 5.21. The van der Waals surface area contributed by atoms with Crippen molar-refractivity contribution in [2.24, 2.45) is 0 Å². The van der Waals surface area contributed by atoms with Crippen LogP contribution in [0.1, 0.15) is 10.4 Å². The molecule has 0 atom stereocenters. The lowest BCUT2D eigenvalue weighted by atomic mass is 10.1. The molecule has 1 aliphatic rings. The molecule has 1 aliphatic heterocycles. The Balaban J connectivity index is 2.26. The number of halogens is 2. The molecule has 0 saturated carbocycles. The number of carbonyl (C=O) groups is 1. The molecule has 0 radical (unpaired) electrons. The largest absolute Gasteiger partial charge is 0.397 e. The average molecular weight is 259 g/mol. The maximum Gasteiger partial charge on any atom is 0.257 e. The van der Waals surface area contributed by atoms with Crippen LogP contribution in [0.15, 0.2) is 12.1 Å². The molecule has 6 heteroatoms. The number of nitrogens with zero attached hydrogens (tertiary/aromatic N) is 1. The van der Waals surface area contributed by atoms with E-state index in [0.29, 0.717) is 26.3 Å². The fourth-order valence-corrected chi connectivity index (χ4v) is 1.83. The van der Waals surface area contributed by atoms with E-state index in [1.165, 1.54) is 11.0 Å². The lowest BCUT2D eigenvalue weighted by molar-refractivity contribution is 0.0300. The normalized spacial score (nSPS) is 16.0. The zero-order valence-corrected chi connectivity index (χ0v) is 9.84. The van der Waals surface area contributed by atoms with Gasteiger partial charge in [0.05, 0.1) is 29.5 Å². The van der Waals surface area contributed by atoms with Gasteiger partial charge in [0.1, 0.15) is 5.82 Å². The highest BCUT2D eigenvalue weighted by Crippen LogP contribution is 2.23. The van der Waals surface area contributed by atoms with Gasteiger partial charge in [-0.05, 0) is 12.1 Å². The van der Waals surface area contributed by atoms with Crippen LogP contribution in [0.3, 0.4) is 0 Å². The average Bonchev–Trinajstić information content (AvgIpc) is 2.34. The number of benzene rings is 1. The molecule has 0 unspecified atom stereocenters. The van der Waals surface area contributed by atoms with Gasteiger partial charge in [-0.2, -0.15) is 0 Å². The quantitative estimate of drug-likeness (QED) is 0.778. The number of nitrogens with two attached hydrogens (primary N) is 1. The Morgan fingerprint density at radius 2 is 2.06 bits per heavy atom. The second-order valence-electron chi connectivity index (χ2n) is 3.76. The van der Waals surface area contributed by atoms with Gasteiger partial charge in [0, 0.05) is 13.1 Å². The van der Waals surface area contributed by atoms with Gasteiger partial charge in [0.2, 0.25) is 0 Å². The summed E-state index contributed by atoms with van der Waals surface area (Å²) in [4.78, 5) is 13.6. The van der Waals surface area contributed by atoms with E-state index < -0.39 is 5.82 Å². The Bertz CT molecular complexity index is 447. The zero-order chi connectivity index (χ0) is 12.4. The van der Waals surface area contributed by atoms with Gasteiger partial charge in [-0.15, -0.1) is 0 Å². The maximum absolute atomic E-state index is 13.6. The van der Waals surface area contributed by atoms with Crippen molar-refractivity contribution in [3.05, 3.63) is 28.5 Å². The Morgan fingerprint density at radius 1 is 1.41 bits per heavy atom. The van der Waals surface area contributed by atoms with Crippen LogP contribution in [0.5, 0.6) is 0 Å². The Kier molecular flexibility index (Phi) is 3.49. The second-order valence-corrected chi connectivity index (χ2v) is 4.17. The van der Waals surface area contributed by atoms with Gasteiger partial charge in [-0.3, -0.25) is 4.79 Å². The SMILES string of the molecule is Nc1cc(F)c(C(=O)N2CCOCC2)cc1Cl. The summed E-state index contributed by atoms with van der Waals surface area (Å²) in [5.41, 5.74) is 5.53. The van der Waals surface area contributed by atoms with Crippen molar-refractivity contribution in [3.8, 4) is 0 Å². The number of rotatable bonds is 1. The molecule has 0 aromatic heterocycles. The van der Waals surface area contributed by atoms with Crippen molar-refractivity contribution < 1.29 is 13.9 Å². The number of hydrogen-bond acceptors (Lipinski definition) is 3. The number of carbonyl (C=O) groups excluding carboxylic acids is 1. The molecule has 0 aliphatic carbocycles. The zero-order valence-electron chi connectivity index (χ0n) is 9.08. The molecular weight excluding hydrogens is 247 g/mol. The molecule has 1 heterocycles. The van der Waals surface area contributed by atoms with Crippen LogP contribution in [0.4, 0.5) is 10.1 Å². The third-order valence-electron chi connectivity index (χ3n) is 2.62. The third-order valence-corrected chi connectivity index (χ3v) is 2.94. The van der Waals surface area contributed by atoms with Crippen LogP contribution < -0.4 is 5.73 Å². The number of nitrogen functional groups attached to an aromatic ring is 1. The molecular formula is C11H12ClFN2O2. The van der Waals surface area contributed by atoms with Gasteiger partial charge >= 0.3 is 0 Å². The Hall–Kier alpha value is -1.33. The summed E-state index contributed by atoms with van der Waals surface area (Å²) < 4.78 is 18.7. The van der Waals surface area contributed by atoms with Crippen LogP contribution in [0.2, 0.25) is 5.02 Å². The highest BCUT2D eigenvalue weighted by Gasteiger charge is 2.22. The van der Waals surface area contributed by atoms with Crippen LogP contribution in [0, 0.1) is 5.82 Å². The summed E-state index contributed by atoms with van der Waals surface area (Å²) in [6.45, 7) is 1.85. The molecule has 17 heavy (non-hydrogen) atoms. The van der Waals surface area contributed by atoms with Crippen LogP contribution in [-0.2, 0) is 4.74 Å². The van der Waals surface area contributed by atoms with E-state index in [1.807, 2.05) is 0 Å². The van der Waals surface area contributed by atoms with Crippen molar-refractivity contribution in [3.63, 3.8) is 0 Å². The van der Waals surface area contributed by atoms with E-state index in [4.69, 9.17) is 22.1 Å². The van der Waals surface area contributed by atoms with E-state index >= 15 is 0 Å². The van der Waals surface area contributed by atoms with Gasteiger partial charge in [-0.25, -0.2) is 4.39 Å². The molecule has 4 nitrogen and oxygen atoms in total. The molecule has 1 fully saturated rings. The third kappa shape index (κ3) is 2.50. The van der Waals surface area contributed by atoms with Crippen LogP contribution in [0.25, 0.3) is 0 Å². The fraction of sp³-hybridized carbons (Fsp3) is 0.364. The summed E-state index contributed by atoms with van der Waals surface area (Å²) in [5, 5.41) is 0.183. The second kappa shape index (κ2) is 4.89. The number of hydrogen-bond donors (Lipinski definition) is 1. The number of anilines is 1. The monoisotopic (exact) mass is 258 g/mol. The minimum atomic E-state index is -0.650. The molecule has 0 spiro atoms. The smallest absolute Gasteiger partial charge is 0.257 e. The highest BCUT2D eigenvalue weighted by atomic mass is 35.5. The fourth-order valence-electron chi connectivity index (χ4n) is 1.66. The molecule has 1 aromatic rings. The maximum atomic E-state index is 13.6. The van der Waals surface area contributed by atoms with Crippen LogP contribution in [-0.4, -0.2) is 37.1 Å². The summed E-state index contributed by atoms with van der Waals surface area (Å²) in [6, 6.07) is 2.33. The summed E-state index contributed by atoms with van der Waals surface area (Å²) in [6.07, 6.45) is 0. The van der Waals surface area contributed by atoms with Gasteiger partial charge in [0.15, 0.2) is 0 Å².